The van der Waals surface area contributed by atoms with E-state index in [-0.39, 0.29) is 29.0 Å². The van der Waals surface area contributed by atoms with Crippen molar-refractivity contribution in [2.24, 2.45) is 23.2 Å². The molecule has 0 aromatic heterocycles. The summed E-state index contributed by atoms with van der Waals surface area (Å²) in [5, 5.41) is 5.99. The Labute approximate surface area is 222 Å². The van der Waals surface area contributed by atoms with E-state index in [9.17, 15) is 9.59 Å². The molecule has 0 spiro atoms. The monoisotopic (exact) mass is 512 g/mol. The molecular formula is C29H45BN2O5. The topological polar surface area (TPSA) is 85.9 Å². The van der Waals surface area contributed by atoms with E-state index < -0.39 is 24.9 Å². The van der Waals surface area contributed by atoms with Crippen molar-refractivity contribution in [3.05, 3.63) is 35.9 Å². The normalized spacial score (nSPS) is 29.6. The van der Waals surface area contributed by atoms with E-state index in [0.717, 1.165) is 12.0 Å². The molecule has 1 aromatic carbocycles. The summed E-state index contributed by atoms with van der Waals surface area (Å²) in [5.74, 6) is 0.837. The smallest absolute Gasteiger partial charge is 0.444 e. The Morgan fingerprint density at radius 2 is 1.78 bits per heavy atom. The summed E-state index contributed by atoms with van der Waals surface area (Å²) < 4.78 is 18.7. The average Bonchev–Trinajstić information content (AvgIpc) is 3.14. The van der Waals surface area contributed by atoms with Gasteiger partial charge in [0.1, 0.15) is 11.6 Å². The second kappa shape index (κ2) is 10.3. The van der Waals surface area contributed by atoms with Crippen molar-refractivity contribution in [2.45, 2.75) is 110 Å². The quantitative estimate of drug-likeness (QED) is 0.483. The van der Waals surface area contributed by atoms with Crippen LogP contribution >= 0.6 is 0 Å². The second-order valence-corrected chi connectivity index (χ2v) is 13.5. The first kappa shape index (κ1) is 28.0. The molecule has 1 aliphatic heterocycles. The Balaban J connectivity index is 1.50. The Bertz CT molecular complexity index is 978. The van der Waals surface area contributed by atoms with Gasteiger partial charge in [0, 0.05) is 6.42 Å². The zero-order valence-corrected chi connectivity index (χ0v) is 23.8. The summed E-state index contributed by atoms with van der Waals surface area (Å²) in [6.45, 7) is 16.5. The summed E-state index contributed by atoms with van der Waals surface area (Å²) in [4.78, 5) is 26.3. The molecular weight excluding hydrogens is 467 g/mol. The number of ether oxygens (including phenoxy) is 1. The molecule has 3 saturated carbocycles. The van der Waals surface area contributed by atoms with Gasteiger partial charge in [0.05, 0.1) is 17.6 Å². The van der Waals surface area contributed by atoms with Gasteiger partial charge in [-0.05, 0) is 75.7 Å². The summed E-state index contributed by atoms with van der Waals surface area (Å²) in [6.07, 6.45) is 2.66. The number of rotatable bonds is 8. The molecule has 7 nitrogen and oxygen atoms in total. The number of amides is 2. The van der Waals surface area contributed by atoms with Gasteiger partial charge in [-0.3, -0.25) is 4.79 Å². The zero-order valence-electron chi connectivity index (χ0n) is 23.8. The number of benzene rings is 1. The van der Waals surface area contributed by atoms with E-state index in [0.29, 0.717) is 30.6 Å². The van der Waals surface area contributed by atoms with E-state index >= 15 is 0 Å². The van der Waals surface area contributed by atoms with Gasteiger partial charge in [0.15, 0.2) is 0 Å². The Morgan fingerprint density at radius 1 is 1.11 bits per heavy atom. The highest BCUT2D eigenvalue weighted by Gasteiger charge is 2.68. The minimum Gasteiger partial charge on any atom is -0.444 e. The van der Waals surface area contributed by atoms with Crippen LogP contribution in [0.25, 0.3) is 0 Å². The molecule has 4 fully saturated rings. The molecule has 1 unspecified atom stereocenters. The van der Waals surface area contributed by atoms with Crippen molar-refractivity contribution >= 4 is 19.1 Å². The highest BCUT2D eigenvalue weighted by atomic mass is 16.7. The fourth-order valence-corrected chi connectivity index (χ4v) is 6.61. The lowest BCUT2D eigenvalue weighted by Crippen LogP contribution is -2.65. The first-order valence-corrected chi connectivity index (χ1v) is 13.9. The minimum atomic E-state index is -0.794. The number of alkyl carbamates (subject to hydrolysis) is 1. The van der Waals surface area contributed by atoms with Gasteiger partial charge in [-0.1, -0.05) is 58.0 Å². The van der Waals surface area contributed by atoms with Crippen LogP contribution in [0.2, 0.25) is 0 Å². The SMILES string of the molecule is CC(C)C[C@@H](NC(=O)C(Cc1ccccc1)NC(=O)OC(C)(C)C)B1O[C@H]2C[C@@H]3C[C@@H](C3(C)C)[C@]2(C)O1. The van der Waals surface area contributed by atoms with E-state index in [4.69, 9.17) is 14.0 Å². The number of hydrogen-bond donors (Lipinski definition) is 2. The maximum Gasteiger partial charge on any atom is 0.481 e. The summed E-state index contributed by atoms with van der Waals surface area (Å²) >= 11 is 0. The number of nitrogens with one attached hydrogen (secondary N) is 2. The van der Waals surface area contributed by atoms with Crippen LogP contribution in [-0.4, -0.2) is 48.4 Å². The maximum absolute atomic E-state index is 13.7. The molecule has 3 aliphatic carbocycles. The third kappa shape index (κ3) is 6.01. The van der Waals surface area contributed by atoms with Crippen LogP contribution < -0.4 is 10.6 Å². The lowest BCUT2D eigenvalue weighted by Gasteiger charge is -2.64. The zero-order chi connectivity index (χ0) is 27.2. The predicted molar refractivity (Wildman–Crippen MR) is 145 cm³/mol. The van der Waals surface area contributed by atoms with Crippen molar-refractivity contribution in [1.29, 1.82) is 0 Å². The molecule has 204 valence electrons. The third-order valence-electron chi connectivity index (χ3n) is 8.64. The molecule has 2 amide bonds. The lowest BCUT2D eigenvalue weighted by atomic mass is 9.43. The van der Waals surface area contributed by atoms with Crippen LogP contribution in [-0.2, 0) is 25.3 Å². The van der Waals surface area contributed by atoms with Crippen molar-refractivity contribution in [3.8, 4) is 0 Å². The van der Waals surface area contributed by atoms with Crippen LogP contribution in [0.3, 0.4) is 0 Å². The molecule has 8 heteroatoms. The first-order chi connectivity index (χ1) is 17.2. The van der Waals surface area contributed by atoms with Crippen LogP contribution in [0.5, 0.6) is 0 Å². The fourth-order valence-electron chi connectivity index (χ4n) is 6.61. The molecule has 1 aromatic rings. The molecule has 6 atom stereocenters. The third-order valence-corrected chi connectivity index (χ3v) is 8.64. The van der Waals surface area contributed by atoms with E-state index in [1.54, 1.807) is 20.8 Å². The average molecular weight is 513 g/mol. The Hall–Kier alpha value is -2.06. The summed E-state index contributed by atoms with van der Waals surface area (Å²) in [7, 11) is -0.518. The summed E-state index contributed by atoms with van der Waals surface area (Å²) in [5.41, 5.74) is 0.191. The second-order valence-electron chi connectivity index (χ2n) is 13.5. The van der Waals surface area contributed by atoms with Crippen LogP contribution in [0.15, 0.2) is 30.3 Å². The van der Waals surface area contributed by atoms with Crippen LogP contribution in [0.1, 0.15) is 80.2 Å². The molecule has 4 aliphatic rings. The molecule has 0 radical (unpaired) electrons. The van der Waals surface area contributed by atoms with Crippen molar-refractivity contribution < 1.29 is 23.6 Å². The van der Waals surface area contributed by atoms with Gasteiger partial charge in [-0.2, -0.15) is 0 Å². The molecule has 1 saturated heterocycles. The molecule has 37 heavy (non-hydrogen) atoms. The standard InChI is InChI=1S/C29H45BN2O5/c1-18(2)14-24(30-36-23-17-20-16-22(28(20,6)7)29(23,8)37-30)32-25(33)21(15-19-12-10-9-11-13-19)31-26(34)35-27(3,4)5/h9-13,18,20-24H,14-17H2,1-8H3,(H,31,34)(H,32,33)/t20-,21?,22-,23-,24+,29-/m0/s1. The van der Waals surface area contributed by atoms with E-state index in [1.165, 1.54) is 6.42 Å². The number of hydrogen-bond acceptors (Lipinski definition) is 5. The highest BCUT2D eigenvalue weighted by Crippen LogP contribution is 2.65. The maximum atomic E-state index is 13.7. The van der Waals surface area contributed by atoms with Gasteiger partial charge >= 0.3 is 13.2 Å². The van der Waals surface area contributed by atoms with Gasteiger partial charge < -0.3 is 24.7 Å². The van der Waals surface area contributed by atoms with Crippen LogP contribution in [0, 0.1) is 23.2 Å². The number of carbonyl (C=O) groups excluding carboxylic acids is 2. The Morgan fingerprint density at radius 3 is 2.38 bits per heavy atom. The van der Waals surface area contributed by atoms with Crippen molar-refractivity contribution in [2.75, 3.05) is 0 Å². The fraction of sp³-hybridized carbons (Fsp3) is 0.724. The largest absolute Gasteiger partial charge is 0.481 e. The molecule has 2 N–H and O–H groups in total. The van der Waals surface area contributed by atoms with Gasteiger partial charge in [-0.15, -0.1) is 0 Å². The lowest BCUT2D eigenvalue weighted by molar-refractivity contribution is -0.199. The summed E-state index contributed by atoms with van der Waals surface area (Å²) in [6, 6.07) is 8.89. The van der Waals surface area contributed by atoms with E-state index in [2.05, 4.69) is 45.3 Å². The molecule has 2 bridgehead atoms. The van der Waals surface area contributed by atoms with Gasteiger partial charge in [-0.25, -0.2) is 4.79 Å². The minimum absolute atomic E-state index is 0.0424. The van der Waals surface area contributed by atoms with Crippen LogP contribution in [0.4, 0.5) is 4.79 Å². The number of carbonyl (C=O) groups is 2. The van der Waals surface area contributed by atoms with Gasteiger partial charge in [0.25, 0.3) is 0 Å². The first-order valence-electron chi connectivity index (χ1n) is 13.9. The van der Waals surface area contributed by atoms with Gasteiger partial charge in [0.2, 0.25) is 5.91 Å². The highest BCUT2D eigenvalue weighted by molar-refractivity contribution is 6.47. The Kier molecular flexibility index (Phi) is 7.75. The van der Waals surface area contributed by atoms with E-state index in [1.807, 2.05) is 30.3 Å². The molecule has 5 rings (SSSR count). The predicted octanol–water partition coefficient (Wildman–Crippen LogP) is 4.92. The van der Waals surface area contributed by atoms with Crippen molar-refractivity contribution in [3.63, 3.8) is 0 Å². The molecule has 1 heterocycles. The van der Waals surface area contributed by atoms with Crippen molar-refractivity contribution in [1.82, 2.24) is 10.6 Å².